The number of aryl methyl sites for hydroxylation is 1. The lowest BCUT2D eigenvalue weighted by Crippen LogP contribution is -2.27. The molecule has 4 rings (SSSR count). The first-order valence-electron chi connectivity index (χ1n) is 9.38. The van der Waals surface area contributed by atoms with Gasteiger partial charge in [-0.2, -0.15) is 5.10 Å². The Bertz CT molecular complexity index is 841. The van der Waals surface area contributed by atoms with Crippen molar-refractivity contribution in [1.82, 2.24) is 15.1 Å². The molecule has 1 saturated heterocycles. The number of nitrogens with one attached hydrogen (secondary N) is 2. The van der Waals surface area contributed by atoms with E-state index in [0.717, 1.165) is 36.1 Å². The highest BCUT2D eigenvalue weighted by Gasteiger charge is 2.44. The number of hydrogen-bond donors (Lipinski definition) is 2. The van der Waals surface area contributed by atoms with Crippen molar-refractivity contribution in [2.45, 2.75) is 37.8 Å². The lowest BCUT2D eigenvalue weighted by atomic mass is 10.1. The minimum absolute atomic E-state index is 0.0246. The fraction of sp³-hybridized carbons (Fsp3) is 0.450. The van der Waals surface area contributed by atoms with E-state index in [0.29, 0.717) is 13.2 Å². The van der Waals surface area contributed by atoms with E-state index < -0.39 is 0 Å². The highest BCUT2D eigenvalue weighted by Crippen LogP contribution is 2.47. The molecule has 1 aromatic heterocycles. The van der Waals surface area contributed by atoms with Gasteiger partial charge in [-0.3, -0.25) is 14.3 Å². The van der Waals surface area contributed by atoms with Gasteiger partial charge in [-0.15, -0.1) is 0 Å². The van der Waals surface area contributed by atoms with Gasteiger partial charge in [0.05, 0.1) is 6.20 Å². The maximum absolute atomic E-state index is 12.4. The molecule has 2 aliphatic rings. The Hall–Kier alpha value is -2.67. The van der Waals surface area contributed by atoms with Crippen LogP contribution in [0.3, 0.4) is 0 Å². The van der Waals surface area contributed by atoms with E-state index >= 15 is 0 Å². The third-order valence-electron chi connectivity index (χ3n) is 5.16. The largest absolute Gasteiger partial charge is 0.368 e. The van der Waals surface area contributed by atoms with Crippen LogP contribution < -0.4 is 10.6 Å². The maximum atomic E-state index is 12.4. The second-order valence-electron chi connectivity index (χ2n) is 7.31. The van der Waals surface area contributed by atoms with Crippen LogP contribution in [0.5, 0.6) is 0 Å². The SMILES string of the molecule is Cn1cc([C@@H]2C[C@@H]2C(=O)NCc2cccc(NC(=O)[C@@H]3CCCO3)c2)cn1. The van der Waals surface area contributed by atoms with Gasteiger partial charge in [-0.1, -0.05) is 12.1 Å². The maximum Gasteiger partial charge on any atom is 0.253 e. The van der Waals surface area contributed by atoms with Gasteiger partial charge in [-0.25, -0.2) is 0 Å². The highest BCUT2D eigenvalue weighted by molar-refractivity contribution is 5.94. The molecule has 0 radical (unpaired) electrons. The second-order valence-corrected chi connectivity index (χ2v) is 7.31. The van der Waals surface area contributed by atoms with Crippen molar-refractivity contribution in [3.05, 3.63) is 47.8 Å². The van der Waals surface area contributed by atoms with Gasteiger partial charge >= 0.3 is 0 Å². The standard InChI is InChI=1S/C20H24N4O3/c1-24-12-14(11-22-24)16-9-17(16)19(25)21-10-13-4-2-5-15(8-13)23-20(26)18-6-3-7-27-18/h2,4-5,8,11-12,16-18H,3,6-7,9-10H2,1H3,(H,21,25)(H,23,26)/t16-,17-,18-/m0/s1. The molecule has 3 atom stereocenters. The van der Waals surface area contributed by atoms with Crippen molar-refractivity contribution in [3.63, 3.8) is 0 Å². The predicted molar refractivity (Wildman–Crippen MR) is 99.9 cm³/mol. The summed E-state index contributed by atoms with van der Waals surface area (Å²) in [5, 5.41) is 10.1. The molecule has 0 unspecified atom stereocenters. The van der Waals surface area contributed by atoms with Gasteiger partial charge in [0.2, 0.25) is 5.91 Å². The average Bonchev–Trinajstić information content (AvgIpc) is 3.05. The van der Waals surface area contributed by atoms with E-state index in [-0.39, 0.29) is 29.8 Å². The summed E-state index contributed by atoms with van der Waals surface area (Å²) in [6, 6.07) is 7.55. The summed E-state index contributed by atoms with van der Waals surface area (Å²) in [6.45, 7) is 1.09. The van der Waals surface area contributed by atoms with Crippen molar-refractivity contribution in [3.8, 4) is 0 Å². The first-order valence-corrected chi connectivity index (χ1v) is 9.38. The minimum atomic E-state index is -0.354. The average molecular weight is 368 g/mol. The summed E-state index contributed by atoms with van der Waals surface area (Å²) < 4.78 is 7.17. The van der Waals surface area contributed by atoms with Gasteiger partial charge in [-0.05, 0) is 48.4 Å². The van der Waals surface area contributed by atoms with Crippen LogP contribution in [-0.4, -0.2) is 34.3 Å². The Kier molecular flexibility index (Phi) is 4.94. The van der Waals surface area contributed by atoms with Crippen LogP contribution >= 0.6 is 0 Å². The van der Waals surface area contributed by atoms with Gasteiger partial charge in [0.15, 0.2) is 0 Å². The zero-order valence-corrected chi connectivity index (χ0v) is 15.4. The van der Waals surface area contributed by atoms with Crippen molar-refractivity contribution in [1.29, 1.82) is 0 Å². The molecule has 0 spiro atoms. The number of carbonyl (C=O) groups is 2. The number of carbonyl (C=O) groups excluding carboxylic acids is 2. The van der Waals surface area contributed by atoms with Crippen LogP contribution in [0.4, 0.5) is 5.69 Å². The molecule has 1 saturated carbocycles. The lowest BCUT2D eigenvalue weighted by molar-refractivity contribution is -0.124. The van der Waals surface area contributed by atoms with E-state index in [1.54, 1.807) is 4.68 Å². The molecule has 1 aromatic carbocycles. The van der Waals surface area contributed by atoms with Crippen molar-refractivity contribution in [2.75, 3.05) is 11.9 Å². The van der Waals surface area contributed by atoms with Crippen LogP contribution in [-0.2, 0) is 27.9 Å². The summed E-state index contributed by atoms with van der Waals surface area (Å²) in [4.78, 5) is 24.5. The molecule has 2 aromatic rings. The summed E-state index contributed by atoms with van der Waals surface area (Å²) in [5.74, 6) is 0.260. The Morgan fingerprint density at radius 2 is 2.22 bits per heavy atom. The molecule has 142 valence electrons. The Morgan fingerprint density at radius 3 is 2.96 bits per heavy atom. The number of amides is 2. The molecule has 2 fully saturated rings. The second kappa shape index (κ2) is 7.52. The van der Waals surface area contributed by atoms with Gasteiger partial charge in [0.1, 0.15) is 6.10 Å². The molecule has 2 amide bonds. The Labute approximate surface area is 158 Å². The van der Waals surface area contributed by atoms with Gasteiger partial charge in [0, 0.05) is 38.0 Å². The number of anilines is 1. The molecule has 1 aliphatic carbocycles. The summed E-state index contributed by atoms with van der Waals surface area (Å²) in [6.07, 6.45) is 6.00. The molecule has 7 nitrogen and oxygen atoms in total. The van der Waals surface area contributed by atoms with Gasteiger partial charge in [0.25, 0.3) is 5.91 Å². The molecule has 27 heavy (non-hydrogen) atoms. The first-order chi connectivity index (χ1) is 13.1. The lowest BCUT2D eigenvalue weighted by Gasteiger charge is -2.12. The Morgan fingerprint density at radius 1 is 1.33 bits per heavy atom. The number of nitrogens with zero attached hydrogens (tertiary/aromatic N) is 2. The summed E-state index contributed by atoms with van der Waals surface area (Å²) in [5.41, 5.74) is 2.80. The molecular weight excluding hydrogens is 344 g/mol. The van der Waals surface area contributed by atoms with E-state index in [1.165, 1.54) is 0 Å². The summed E-state index contributed by atoms with van der Waals surface area (Å²) in [7, 11) is 1.88. The van der Waals surface area contributed by atoms with Crippen molar-refractivity contribution in [2.24, 2.45) is 13.0 Å². The number of aromatic nitrogens is 2. The number of ether oxygens (including phenoxy) is 1. The van der Waals surface area contributed by atoms with Crippen molar-refractivity contribution < 1.29 is 14.3 Å². The van der Waals surface area contributed by atoms with E-state index in [2.05, 4.69) is 15.7 Å². The molecule has 2 heterocycles. The zero-order chi connectivity index (χ0) is 18.8. The minimum Gasteiger partial charge on any atom is -0.368 e. The molecule has 7 heteroatoms. The molecule has 1 aliphatic heterocycles. The Balaban J connectivity index is 1.28. The van der Waals surface area contributed by atoms with E-state index in [9.17, 15) is 9.59 Å². The third-order valence-corrected chi connectivity index (χ3v) is 5.16. The van der Waals surface area contributed by atoms with Crippen LogP contribution in [0.25, 0.3) is 0 Å². The predicted octanol–water partition coefficient (Wildman–Crippen LogP) is 1.96. The van der Waals surface area contributed by atoms with E-state index in [1.807, 2.05) is 43.7 Å². The highest BCUT2D eigenvalue weighted by atomic mass is 16.5. The molecule has 0 bridgehead atoms. The number of rotatable bonds is 6. The van der Waals surface area contributed by atoms with Gasteiger partial charge < -0.3 is 15.4 Å². The van der Waals surface area contributed by atoms with Crippen LogP contribution in [0.1, 0.15) is 36.3 Å². The number of hydrogen-bond acceptors (Lipinski definition) is 4. The first kappa shape index (κ1) is 17.7. The quantitative estimate of drug-likeness (QED) is 0.816. The number of benzene rings is 1. The van der Waals surface area contributed by atoms with Crippen LogP contribution in [0.2, 0.25) is 0 Å². The third kappa shape index (κ3) is 4.19. The smallest absolute Gasteiger partial charge is 0.253 e. The topological polar surface area (TPSA) is 85.2 Å². The van der Waals surface area contributed by atoms with Crippen LogP contribution in [0, 0.1) is 5.92 Å². The molecular formula is C20H24N4O3. The fourth-order valence-corrected chi connectivity index (χ4v) is 3.57. The monoisotopic (exact) mass is 368 g/mol. The summed E-state index contributed by atoms with van der Waals surface area (Å²) >= 11 is 0. The van der Waals surface area contributed by atoms with E-state index in [4.69, 9.17) is 4.74 Å². The van der Waals surface area contributed by atoms with Crippen molar-refractivity contribution >= 4 is 17.5 Å². The fourth-order valence-electron chi connectivity index (χ4n) is 3.57. The van der Waals surface area contributed by atoms with Crippen LogP contribution in [0.15, 0.2) is 36.7 Å². The zero-order valence-electron chi connectivity index (χ0n) is 15.4. The normalized spacial score (nSPS) is 23.8. The molecule has 2 N–H and O–H groups in total.